The molecule has 4 rings (SSSR count). The van der Waals surface area contributed by atoms with Crippen LogP contribution in [0.2, 0.25) is 0 Å². The second kappa shape index (κ2) is 8.23. The van der Waals surface area contributed by atoms with Crippen molar-refractivity contribution >= 4 is 35.1 Å². The second-order valence-corrected chi connectivity index (χ2v) is 11.7. The molecule has 0 radical (unpaired) electrons. The van der Waals surface area contributed by atoms with Gasteiger partial charge in [-0.25, -0.2) is 4.39 Å². The van der Waals surface area contributed by atoms with Crippen molar-refractivity contribution in [3.05, 3.63) is 23.8 Å². The van der Waals surface area contributed by atoms with E-state index in [4.69, 9.17) is 21.1 Å². The van der Waals surface area contributed by atoms with Gasteiger partial charge in [0.15, 0.2) is 18.0 Å². The first-order valence-electron chi connectivity index (χ1n) is 12.0. The Morgan fingerprint density at radius 3 is 2.43 bits per heavy atom. The number of fused-ring (bicyclic) bond motifs is 5. The van der Waals surface area contributed by atoms with Gasteiger partial charge in [0.1, 0.15) is 6.17 Å². The highest BCUT2D eigenvalue weighted by atomic mass is 35.5. The number of ether oxygens (including phenoxy) is 2. The zero-order chi connectivity index (χ0) is 26.1. The van der Waals surface area contributed by atoms with E-state index in [1.807, 2.05) is 0 Å². The van der Waals surface area contributed by atoms with Crippen LogP contribution in [0.25, 0.3) is 0 Å². The minimum Gasteiger partial charge on any atom is -0.458 e. The molecule has 0 aromatic rings. The third kappa shape index (κ3) is 3.31. The summed E-state index contributed by atoms with van der Waals surface area (Å²) < 4.78 is 26.5. The molecule has 192 valence electrons. The topological polar surface area (TPSA) is 107 Å². The summed E-state index contributed by atoms with van der Waals surface area (Å²) in [5.74, 6) is -3.70. The maximum Gasteiger partial charge on any atom is 0.303 e. The van der Waals surface area contributed by atoms with Gasteiger partial charge in [-0.1, -0.05) is 26.8 Å². The molecule has 1 unspecified atom stereocenters. The summed E-state index contributed by atoms with van der Waals surface area (Å²) in [4.78, 5) is 48.0. The molecule has 4 aliphatic carbocycles. The van der Waals surface area contributed by atoms with Crippen LogP contribution in [0.3, 0.4) is 0 Å². The Hall–Kier alpha value is -2.06. The molecule has 35 heavy (non-hydrogen) atoms. The van der Waals surface area contributed by atoms with Gasteiger partial charge in [0.2, 0.25) is 5.78 Å². The minimum atomic E-state index is -1.68. The molecule has 0 spiro atoms. The van der Waals surface area contributed by atoms with E-state index in [9.17, 15) is 24.3 Å². The van der Waals surface area contributed by atoms with Crippen LogP contribution in [0.1, 0.15) is 53.9 Å². The van der Waals surface area contributed by atoms with Gasteiger partial charge >= 0.3 is 11.9 Å². The van der Waals surface area contributed by atoms with Gasteiger partial charge in [0, 0.05) is 30.6 Å². The van der Waals surface area contributed by atoms with E-state index < -0.39 is 69.7 Å². The van der Waals surface area contributed by atoms with Crippen LogP contribution in [0.15, 0.2) is 23.8 Å². The number of allylic oxidation sites excluding steroid dienone is 4. The van der Waals surface area contributed by atoms with Gasteiger partial charge in [-0.05, 0) is 48.8 Å². The van der Waals surface area contributed by atoms with E-state index in [1.54, 1.807) is 26.8 Å². The molecule has 0 amide bonds. The largest absolute Gasteiger partial charge is 0.458 e. The van der Waals surface area contributed by atoms with Gasteiger partial charge in [-0.15, -0.1) is 11.6 Å². The fourth-order valence-electron chi connectivity index (χ4n) is 7.89. The summed E-state index contributed by atoms with van der Waals surface area (Å²) in [5.41, 5.74) is -3.64. The maximum absolute atomic E-state index is 15.7. The molecular formula is C26H32ClFO7. The number of hydrogen-bond acceptors (Lipinski definition) is 7. The highest BCUT2D eigenvalue weighted by Gasteiger charge is 2.77. The number of ketones is 2. The highest BCUT2D eigenvalue weighted by molar-refractivity contribution is 6.26. The van der Waals surface area contributed by atoms with Crippen molar-refractivity contribution in [2.24, 2.45) is 28.6 Å². The van der Waals surface area contributed by atoms with E-state index in [0.29, 0.717) is 6.42 Å². The van der Waals surface area contributed by atoms with Crippen molar-refractivity contribution < 1.29 is 38.1 Å². The second-order valence-electron chi connectivity index (χ2n) is 11.0. The zero-order valence-corrected chi connectivity index (χ0v) is 21.4. The normalized spacial score (nSPS) is 46.1. The lowest BCUT2D eigenvalue weighted by atomic mass is 9.45. The van der Waals surface area contributed by atoms with Crippen molar-refractivity contribution in [2.75, 3.05) is 6.61 Å². The lowest BCUT2D eigenvalue weighted by Gasteiger charge is -2.64. The van der Waals surface area contributed by atoms with Crippen molar-refractivity contribution in [1.82, 2.24) is 0 Å². The average Bonchev–Trinajstić information content (AvgIpc) is 2.97. The summed E-state index contributed by atoms with van der Waals surface area (Å²) in [7, 11) is 0. The molecule has 0 aliphatic heterocycles. The monoisotopic (exact) mass is 510 g/mol. The molecule has 0 heterocycles. The third-order valence-corrected chi connectivity index (χ3v) is 10.2. The Kier molecular flexibility index (Phi) is 6.12. The molecule has 0 saturated heterocycles. The van der Waals surface area contributed by atoms with Crippen LogP contribution in [0.5, 0.6) is 0 Å². The Balaban J connectivity index is 1.85. The number of aliphatic hydroxyl groups excluding tert-OH is 1. The predicted molar refractivity (Wildman–Crippen MR) is 124 cm³/mol. The van der Waals surface area contributed by atoms with Gasteiger partial charge in [0.25, 0.3) is 0 Å². The summed E-state index contributed by atoms with van der Waals surface area (Å²) in [6, 6.07) is 0. The molecule has 0 aromatic carbocycles. The quantitative estimate of drug-likeness (QED) is 0.457. The van der Waals surface area contributed by atoms with Crippen LogP contribution in [0.4, 0.5) is 4.39 Å². The van der Waals surface area contributed by atoms with Crippen LogP contribution in [-0.2, 0) is 28.7 Å². The first-order chi connectivity index (χ1) is 16.1. The Bertz CT molecular complexity index is 1050. The van der Waals surface area contributed by atoms with E-state index in [-0.39, 0.29) is 30.1 Å². The summed E-state index contributed by atoms with van der Waals surface area (Å²) >= 11 is 7.33. The highest BCUT2D eigenvalue weighted by Crippen LogP contribution is 2.72. The van der Waals surface area contributed by atoms with Crippen LogP contribution >= 0.6 is 11.6 Å². The van der Waals surface area contributed by atoms with Crippen molar-refractivity contribution in [1.29, 1.82) is 0 Å². The minimum absolute atomic E-state index is 0.00269. The number of halogens is 2. The number of Topliss-reactive ketones (excluding diaryl/α,β-unsaturated/α-hetero) is 1. The number of carbonyl (C=O) groups excluding carboxylic acids is 4. The van der Waals surface area contributed by atoms with Crippen molar-refractivity contribution in [3.63, 3.8) is 0 Å². The SMILES string of the molecule is CC(=O)OCC(=O)[C@@]1(OC(C)=O)[C@@H](C)C[C@H]2[C@@H]3C[C@H](F)C4=CC(=O)C=C[C@]4(C)[C@@]3(Cl)C(O)C[C@@]21C. The molecular weight excluding hydrogens is 479 g/mol. The first kappa shape index (κ1) is 26.0. The molecule has 3 saturated carbocycles. The van der Waals surface area contributed by atoms with Crippen LogP contribution in [-0.4, -0.2) is 58.0 Å². The molecule has 0 bridgehead atoms. The van der Waals surface area contributed by atoms with E-state index in [2.05, 4.69) is 0 Å². The lowest BCUT2D eigenvalue weighted by molar-refractivity contribution is -0.203. The van der Waals surface area contributed by atoms with Gasteiger partial charge in [-0.3, -0.25) is 19.2 Å². The zero-order valence-electron chi connectivity index (χ0n) is 20.6. The Morgan fingerprint density at radius 1 is 1.17 bits per heavy atom. The molecule has 1 N–H and O–H groups in total. The Morgan fingerprint density at radius 2 is 1.83 bits per heavy atom. The maximum atomic E-state index is 15.7. The van der Waals surface area contributed by atoms with E-state index in [0.717, 1.165) is 0 Å². The predicted octanol–water partition coefficient (Wildman–Crippen LogP) is 3.25. The fourth-order valence-corrected chi connectivity index (χ4v) is 8.38. The number of carbonyl (C=O) groups is 4. The number of alkyl halides is 2. The summed E-state index contributed by atoms with van der Waals surface area (Å²) in [6.45, 7) is 7.10. The number of rotatable bonds is 4. The molecule has 9 heteroatoms. The number of aliphatic hydroxyl groups is 1. The lowest BCUT2D eigenvalue weighted by Crippen LogP contribution is -2.70. The van der Waals surface area contributed by atoms with E-state index in [1.165, 1.54) is 26.0 Å². The molecule has 3 fully saturated rings. The Labute approximate surface area is 209 Å². The van der Waals surface area contributed by atoms with Crippen molar-refractivity contribution in [3.8, 4) is 0 Å². The number of hydrogen-bond donors (Lipinski definition) is 1. The van der Waals surface area contributed by atoms with Crippen LogP contribution in [0, 0.1) is 28.6 Å². The molecule has 4 aliphatic rings. The molecule has 7 nitrogen and oxygen atoms in total. The van der Waals surface area contributed by atoms with Gasteiger partial charge in [0.05, 0.1) is 11.0 Å². The van der Waals surface area contributed by atoms with Gasteiger partial charge < -0.3 is 14.6 Å². The smallest absolute Gasteiger partial charge is 0.303 e. The first-order valence-corrected chi connectivity index (χ1v) is 12.4. The standard InChI is InChI=1S/C26H32ClFO7/c1-13-8-17-18-10-20(28)19-9-16(31)6-7-23(19,4)25(18,27)21(32)11-24(17,5)26(13,35-15(3)30)22(33)12-34-14(2)29/h6-7,9,13,17-18,20-21,32H,8,10-12H2,1-5H3/t13-,17-,18-,20-,21?,23-,24-,25-,26-/m0/s1. The molecule has 0 aromatic heterocycles. The van der Waals surface area contributed by atoms with Crippen LogP contribution < -0.4 is 0 Å². The van der Waals surface area contributed by atoms with Gasteiger partial charge in [-0.2, -0.15) is 0 Å². The summed E-state index contributed by atoms with van der Waals surface area (Å²) in [5, 5.41) is 11.6. The summed E-state index contributed by atoms with van der Waals surface area (Å²) in [6.07, 6.45) is 1.90. The van der Waals surface area contributed by atoms with Crippen molar-refractivity contribution in [2.45, 2.75) is 76.6 Å². The fraction of sp³-hybridized carbons (Fsp3) is 0.692. The average molecular weight is 511 g/mol. The molecule has 9 atom stereocenters. The number of esters is 2. The third-order valence-electron chi connectivity index (χ3n) is 9.29. The van der Waals surface area contributed by atoms with E-state index >= 15 is 4.39 Å².